The highest BCUT2D eigenvalue weighted by Crippen LogP contribution is 2.47. The van der Waals surface area contributed by atoms with Gasteiger partial charge in [0, 0.05) is 18.0 Å². The van der Waals surface area contributed by atoms with Crippen LogP contribution in [0.4, 0.5) is 4.39 Å². The van der Waals surface area contributed by atoms with Crippen molar-refractivity contribution in [1.29, 1.82) is 0 Å². The van der Waals surface area contributed by atoms with Gasteiger partial charge < -0.3 is 9.84 Å². The van der Waals surface area contributed by atoms with Crippen LogP contribution >= 0.6 is 0 Å². The van der Waals surface area contributed by atoms with Crippen LogP contribution in [0.2, 0.25) is 0 Å². The van der Waals surface area contributed by atoms with Crippen LogP contribution in [-0.2, 0) is 0 Å². The van der Waals surface area contributed by atoms with Crippen LogP contribution in [0.25, 0.3) is 27.7 Å². The van der Waals surface area contributed by atoms with E-state index >= 15 is 0 Å². The van der Waals surface area contributed by atoms with Crippen LogP contribution in [0.15, 0.2) is 40.9 Å². The van der Waals surface area contributed by atoms with Gasteiger partial charge in [-0.3, -0.25) is 4.79 Å². The molecule has 0 spiro atoms. The molecule has 0 bridgehead atoms. The number of aryl methyl sites for hydroxylation is 2. The first-order chi connectivity index (χ1) is 14.5. The van der Waals surface area contributed by atoms with Crippen molar-refractivity contribution in [3.63, 3.8) is 0 Å². The second-order valence-corrected chi connectivity index (χ2v) is 7.75. The summed E-state index contributed by atoms with van der Waals surface area (Å²) in [5.41, 5.74) is 5.80. The minimum atomic E-state index is -0.339. The quantitative estimate of drug-likeness (QED) is 0.536. The van der Waals surface area contributed by atoms with Gasteiger partial charge in [0.25, 0.3) is 5.91 Å². The fraction of sp³-hybridized carbons (Fsp3) is 0.261. The lowest BCUT2D eigenvalue weighted by atomic mass is 9.93. The van der Waals surface area contributed by atoms with E-state index < -0.39 is 0 Å². The van der Waals surface area contributed by atoms with Crippen molar-refractivity contribution in [3.05, 3.63) is 64.9 Å². The number of amides is 1. The van der Waals surface area contributed by atoms with Gasteiger partial charge in [0.15, 0.2) is 0 Å². The lowest BCUT2D eigenvalue weighted by molar-refractivity contribution is 0.0957. The molecular weight excluding hydrogens is 383 g/mol. The first kappa shape index (κ1) is 18.5. The highest BCUT2D eigenvalue weighted by molar-refractivity contribution is 6.06. The predicted octanol–water partition coefficient (Wildman–Crippen LogP) is 4.67. The summed E-state index contributed by atoms with van der Waals surface area (Å²) in [7, 11) is 1.59. The van der Waals surface area contributed by atoms with Crippen molar-refractivity contribution in [2.24, 2.45) is 0 Å². The van der Waals surface area contributed by atoms with Gasteiger partial charge in [-0.1, -0.05) is 5.16 Å². The lowest BCUT2D eigenvalue weighted by Gasteiger charge is -2.10. The molecule has 152 valence electrons. The minimum Gasteiger partial charge on any atom is -0.361 e. The number of carbonyl (C=O) groups excluding carboxylic acids is 1. The maximum absolute atomic E-state index is 13.4. The van der Waals surface area contributed by atoms with E-state index in [0.29, 0.717) is 22.8 Å². The summed E-state index contributed by atoms with van der Waals surface area (Å²) in [5, 5.41) is 12.3. The fourth-order valence-corrected chi connectivity index (χ4v) is 4.07. The molecule has 30 heavy (non-hydrogen) atoms. The van der Waals surface area contributed by atoms with Gasteiger partial charge in [0.1, 0.15) is 17.3 Å². The third-order valence-corrected chi connectivity index (χ3v) is 5.68. The topological polar surface area (TPSA) is 73.0 Å². The molecule has 5 rings (SSSR count). The monoisotopic (exact) mass is 404 g/mol. The van der Waals surface area contributed by atoms with E-state index in [1.54, 1.807) is 23.9 Å². The van der Waals surface area contributed by atoms with Gasteiger partial charge in [-0.05, 0) is 80.1 Å². The van der Waals surface area contributed by atoms with E-state index in [2.05, 4.69) is 16.5 Å². The van der Waals surface area contributed by atoms with Gasteiger partial charge in [0.2, 0.25) is 0 Å². The number of rotatable bonds is 4. The molecule has 6 nitrogen and oxygen atoms in total. The molecule has 1 N–H and O–H groups in total. The van der Waals surface area contributed by atoms with Crippen molar-refractivity contribution in [2.75, 3.05) is 7.05 Å². The smallest absolute Gasteiger partial charge is 0.270 e. The molecule has 1 fully saturated rings. The Kier molecular flexibility index (Phi) is 4.20. The summed E-state index contributed by atoms with van der Waals surface area (Å²) in [4.78, 5) is 12.8. The third-order valence-electron chi connectivity index (χ3n) is 5.68. The molecule has 2 heterocycles. The van der Waals surface area contributed by atoms with Crippen LogP contribution in [0.5, 0.6) is 0 Å². The first-order valence-electron chi connectivity index (χ1n) is 9.96. The van der Waals surface area contributed by atoms with Crippen LogP contribution in [0, 0.1) is 19.7 Å². The normalized spacial score (nSPS) is 13.7. The number of nitrogens with one attached hydrogen (secondary N) is 1. The molecule has 0 aliphatic heterocycles. The molecule has 1 aliphatic carbocycles. The maximum Gasteiger partial charge on any atom is 0.270 e. The van der Waals surface area contributed by atoms with E-state index in [-0.39, 0.29) is 11.7 Å². The average molecular weight is 404 g/mol. The number of fused-ring (bicyclic) bond motifs is 1. The van der Waals surface area contributed by atoms with E-state index in [0.717, 1.165) is 40.8 Å². The Morgan fingerprint density at radius 3 is 2.53 bits per heavy atom. The molecule has 7 heteroatoms. The van der Waals surface area contributed by atoms with Gasteiger partial charge in [-0.15, -0.1) is 0 Å². The average Bonchev–Trinajstić information content (AvgIpc) is 3.44. The largest absolute Gasteiger partial charge is 0.361 e. The molecule has 1 amide bonds. The molecule has 2 aromatic carbocycles. The molecule has 0 atom stereocenters. The SMILES string of the molecule is CNC(=O)c1c2cc(C3CC3)c(-c3c(C)noc3C)cc2nn1-c1ccc(F)cc1. The summed E-state index contributed by atoms with van der Waals surface area (Å²) >= 11 is 0. The van der Waals surface area contributed by atoms with Gasteiger partial charge in [0.05, 0.1) is 16.9 Å². The van der Waals surface area contributed by atoms with E-state index in [1.165, 1.54) is 17.7 Å². The molecular formula is C23H21FN4O2. The standard InChI is InChI=1S/C23H21FN4O2/c1-12-21(13(2)30-27-12)18-11-20-19(10-17(18)14-4-5-14)22(23(29)25-3)28(26-20)16-8-6-15(24)7-9-16/h6-11,14H,4-5H2,1-3H3,(H,25,29). The minimum absolute atomic E-state index is 0.242. The summed E-state index contributed by atoms with van der Waals surface area (Å²) in [5.74, 6) is 0.630. The highest BCUT2D eigenvalue weighted by atomic mass is 19.1. The van der Waals surface area contributed by atoms with Crippen molar-refractivity contribution in [2.45, 2.75) is 32.6 Å². The Bertz CT molecular complexity index is 1260. The Morgan fingerprint density at radius 2 is 1.93 bits per heavy atom. The molecule has 1 saturated carbocycles. The summed E-state index contributed by atoms with van der Waals surface area (Å²) in [6.45, 7) is 3.84. The number of hydrogen-bond donors (Lipinski definition) is 1. The maximum atomic E-state index is 13.4. The molecule has 1 aliphatic rings. The molecule has 0 unspecified atom stereocenters. The zero-order chi connectivity index (χ0) is 21.0. The fourth-order valence-electron chi connectivity index (χ4n) is 4.07. The van der Waals surface area contributed by atoms with Gasteiger partial charge >= 0.3 is 0 Å². The van der Waals surface area contributed by atoms with Crippen LogP contribution in [0.3, 0.4) is 0 Å². The van der Waals surface area contributed by atoms with E-state index in [9.17, 15) is 9.18 Å². The third kappa shape index (κ3) is 2.89. The summed E-state index contributed by atoms with van der Waals surface area (Å²) in [6.07, 6.45) is 2.23. The predicted molar refractivity (Wildman–Crippen MR) is 111 cm³/mol. The van der Waals surface area contributed by atoms with Gasteiger partial charge in [-0.25, -0.2) is 9.07 Å². The molecule has 4 aromatic rings. The van der Waals surface area contributed by atoms with Crippen molar-refractivity contribution < 1.29 is 13.7 Å². The Hall–Kier alpha value is -3.48. The summed E-state index contributed by atoms with van der Waals surface area (Å²) in [6, 6.07) is 10.0. The molecule has 2 aromatic heterocycles. The van der Waals surface area contributed by atoms with Crippen molar-refractivity contribution in [3.8, 4) is 16.8 Å². The van der Waals surface area contributed by atoms with Crippen LogP contribution < -0.4 is 5.32 Å². The van der Waals surface area contributed by atoms with Crippen LogP contribution in [0.1, 0.15) is 46.3 Å². The first-order valence-corrected chi connectivity index (χ1v) is 9.96. The Labute approximate surface area is 172 Å². The molecule has 0 saturated heterocycles. The number of benzene rings is 2. The summed E-state index contributed by atoms with van der Waals surface area (Å²) < 4.78 is 20.4. The zero-order valence-electron chi connectivity index (χ0n) is 17.0. The van der Waals surface area contributed by atoms with Crippen molar-refractivity contribution in [1.82, 2.24) is 20.3 Å². The van der Waals surface area contributed by atoms with Crippen molar-refractivity contribution >= 4 is 16.8 Å². The lowest BCUT2D eigenvalue weighted by Crippen LogP contribution is -2.21. The second kappa shape index (κ2) is 6.79. The van der Waals surface area contributed by atoms with Gasteiger partial charge in [-0.2, -0.15) is 5.10 Å². The number of aromatic nitrogens is 3. The Morgan fingerprint density at radius 1 is 1.20 bits per heavy atom. The van der Waals surface area contributed by atoms with E-state index in [1.807, 2.05) is 19.9 Å². The molecule has 0 radical (unpaired) electrons. The van der Waals surface area contributed by atoms with E-state index in [4.69, 9.17) is 9.62 Å². The Balaban J connectivity index is 1.81. The number of halogens is 1. The zero-order valence-corrected chi connectivity index (χ0v) is 17.0. The number of carbonyl (C=O) groups is 1. The number of hydrogen-bond acceptors (Lipinski definition) is 4. The van der Waals surface area contributed by atoms with Crippen LogP contribution in [-0.4, -0.2) is 27.9 Å². The number of nitrogens with zero attached hydrogens (tertiary/aromatic N) is 3. The highest BCUT2D eigenvalue weighted by Gasteiger charge is 2.30. The second-order valence-electron chi connectivity index (χ2n) is 7.75.